The molecule has 0 bridgehead atoms. The van der Waals surface area contributed by atoms with Crippen molar-refractivity contribution >= 4 is 15.9 Å². The quantitative estimate of drug-likeness (QED) is 0.771. The number of hydrogen-bond acceptors (Lipinski definition) is 2. The molecule has 0 aliphatic carbocycles. The summed E-state index contributed by atoms with van der Waals surface area (Å²) in [5.41, 5.74) is 1.08. The zero-order valence-corrected chi connectivity index (χ0v) is 9.82. The molecule has 0 unspecified atom stereocenters. The van der Waals surface area contributed by atoms with E-state index >= 15 is 0 Å². The van der Waals surface area contributed by atoms with Gasteiger partial charge in [-0.1, -0.05) is 12.1 Å². The molecule has 0 aliphatic heterocycles. The Labute approximate surface area is 91.3 Å². The standard InChI is InChI=1S/C10H14N2O2S/c1-9-6-5-7-10(8-9)12(4)15(13,14)11(2)3/h1,5-8H,2-4H3. The lowest BCUT2D eigenvalue weighted by Gasteiger charge is -2.23. The van der Waals surface area contributed by atoms with Gasteiger partial charge in [0.1, 0.15) is 0 Å². The molecule has 0 saturated heterocycles. The highest BCUT2D eigenvalue weighted by atomic mass is 32.2. The summed E-state index contributed by atoms with van der Waals surface area (Å²) in [4.78, 5) is 0. The van der Waals surface area contributed by atoms with Gasteiger partial charge in [-0.2, -0.15) is 12.7 Å². The Morgan fingerprint density at radius 2 is 1.80 bits per heavy atom. The van der Waals surface area contributed by atoms with Crippen molar-refractivity contribution in [3.63, 3.8) is 0 Å². The topological polar surface area (TPSA) is 40.6 Å². The molecular formula is C10H14N2O2S. The van der Waals surface area contributed by atoms with Crippen LogP contribution in [0.15, 0.2) is 24.3 Å². The number of hydrogen-bond donors (Lipinski definition) is 0. The van der Waals surface area contributed by atoms with Crippen LogP contribution in [0.25, 0.3) is 0 Å². The molecule has 0 atom stereocenters. The maximum Gasteiger partial charge on any atom is 0.303 e. The second kappa shape index (κ2) is 4.20. The van der Waals surface area contributed by atoms with Crippen LogP contribution >= 0.6 is 0 Å². The van der Waals surface area contributed by atoms with Crippen molar-refractivity contribution < 1.29 is 8.42 Å². The minimum Gasteiger partial charge on any atom is -0.261 e. The highest BCUT2D eigenvalue weighted by Crippen LogP contribution is 2.18. The van der Waals surface area contributed by atoms with Gasteiger partial charge in [0.15, 0.2) is 0 Å². The molecule has 0 fully saturated rings. The normalized spacial score (nSPS) is 11.8. The minimum atomic E-state index is -3.44. The Hall–Kier alpha value is -1.07. The molecule has 1 aromatic carbocycles. The Balaban J connectivity index is 3.10. The molecule has 1 aromatic rings. The van der Waals surface area contributed by atoms with Crippen LogP contribution in [-0.4, -0.2) is 33.9 Å². The summed E-state index contributed by atoms with van der Waals surface area (Å²) in [6, 6.07) is 6.73. The molecule has 82 valence electrons. The summed E-state index contributed by atoms with van der Waals surface area (Å²) < 4.78 is 25.8. The van der Waals surface area contributed by atoms with Crippen LogP contribution in [0, 0.1) is 6.92 Å². The lowest BCUT2D eigenvalue weighted by atomic mass is 10.2. The van der Waals surface area contributed by atoms with E-state index in [0.717, 1.165) is 4.31 Å². The summed E-state index contributed by atoms with van der Waals surface area (Å²) in [5, 5.41) is 0. The van der Waals surface area contributed by atoms with E-state index in [2.05, 4.69) is 0 Å². The number of nitrogens with zero attached hydrogens (tertiary/aromatic N) is 2. The van der Waals surface area contributed by atoms with Gasteiger partial charge >= 0.3 is 10.2 Å². The molecule has 15 heavy (non-hydrogen) atoms. The zero-order valence-electron chi connectivity index (χ0n) is 9.01. The molecule has 2 radical (unpaired) electrons. The zero-order chi connectivity index (χ0) is 11.6. The highest BCUT2D eigenvalue weighted by Gasteiger charge is 2.20. The third kappa shape index (κ3) is 2.49. The van der Waals surface area contributed by atoms with E-state index in [9.17, 15) is 8.42 Å². The van der Waals surface area contributed by atoms with Crippen molar-refractivity contribution in [1.29, 1.82) is 0 Å². The Bertz CT molecular complexity index is 440. The predicted molar refractivity (Wildman–Crippen MR) is 60.9 cm³/mol. The van der Waals surface area contributed by atoms with E-state index in [1.54, 1.807) is 24.3 Å². The van der Waals surface area contributed by atoms with Gasteiger partial charge in [0, 0.05) is 21.1 Å². The molecule has 5 heteroatoms. The summed E-state index contributed by atoms with van der Waals surface area (Å²) in [6.07, 6.45) is 0. The fourth-order valence-electron chi connectivity index (χ4n) is 1.10. The van der Waals surface area contributed by atoms with Gasteiger partial charge in [-0.25, -0.2) is 0 Å². The number of rotatable bonds is 3. The second-order valence-electron chi connectivity index (χ2n) is 3.35. The minimum absolute atomic E-state index is 0.535. The van der Waals surface area contributed by atoms with E-state index in [0.29, 0.717) is 11.3 Å². The molecule has 1 rings (SSSR count). The second-order valence-corrected chi connectivity index (χ2v) is 5.53. The highest BCUT2D eigenvalue weighted by molar-refractivity contribution is 7.90. The van der Waals surface area contributed by atoms with Gasteiger partial charge < -0.3 is 0 Å². The van der Waals surface area contributed by atoms with Gasteiger partial charge in [-0.15, -0.1) is 0 Å². The maximum atomic E-state index is 11.8. The molecule has 0 amide bonds. The van der Waals surface area contributed by atoms with Crippen molar-refractivity contribution in [1.82, 2.24) is 4.31 Å². The van der Waals surface area contributed by atoms with Gasteiger partial charge in [0.2, 0.25) is 0 Å². The molecule has 0 spiro atoms. The van der Waals surface area contributed by atoms with Crippen LogP contribution in [0.2, 0.25) is 0 Å². The van der Waals surface area contributed by atoms with Crippen molar-refractivity contribution in [2.45, 2.75) is 0 Å². The van der Waals surface area contributed by atoms with Gasteiger partial charge in [0.25, 0.3) is 0 Å². The molecule has 0 saturated carbocycles. The van der Waals surface area contributed by atoms with Crippen LogP contribution in [-0.2, 0) is 10.2 Å². The average molecular weight is 226 g/mol. The van der Waals surface area contributed by atoms with Crippen LogP contribution in [0.3, 0.4) is 0 Å². The van der Waals surface area contributed by atoms with Crippen LogP contribution in [0.1, 0.15) is 5.56 Å². The predicted octanol–water partition coefficient (Wildman–Crippen LogP) is 0.988. The Morgan fingerprint density at radius 1 is 1.20 bits per heavy atom. The van der Waals surface area contributed by atoms with E-state index < -0.39 is 10.2 Å². The third-order valence-corrected chi connectivity index (χ3v) is 3.87. The molecular weight excluding hydrogens is 212 g/mol. The summed E-state index contributed by atoms with van der Waals surface area (Å²) in [6.45, 7) is 5.58. The van der Waals surface area contributed by atoms with Crippen LogP contribution in [0.5, 0.6) is 0 Å². The number of anilines is 1. The van der Waals surface area contributed by atoms with Crippen molar-refractivity contribution in [2.24, 2.45) is 0 Å². The summed E-state index contributed by atoms with van der Waals surface area (Å²) in [5.74, 6) is 0. The van der Waals surface area contributed by atoms with Crippen molar-refractivity contribution in [3.8, 4) is 0 Å². The number of benzene rings is 1. The largest absolute Gasteiger partial charge is 0.303 e. The van der Waals surface area contributed by atoms with E-state index in [4.69, 9.17) is 6.92 Å². The lowest BCUT2D eigenvalue weighted by molar-refractivity contribution is 0.519. The fraction of sp³-hybridized carbons (Fsp3) is 0.300. The van der Waals surface area contributed by atoms with Crippen molar-refractivity contribution in [3.05, 3.63) is 36.8 Å². The van der Waals surface area contributed by atoms with Crippen molar-refractivity contribution in [2.75, 3.05) is 25.4 Å². The summed E-state index contributed by atoms with van der Waals surface area (Å²) >= 11 is 0. The first-order chi connectivity index (χ1) is 6.85. The Morgan fingerprint density at radius 3 is 2.27 bits per heavy atom. The maximum absolute atomic E-state index is 11.8. The average Bonchev–Trinajstić information content (AvgIpc) is 2.16. The van der Waals surface area contributed by atoms with Gasteiger partial charge in [0.05, 0.1) is 5.69 Å². The lowest BCUT2D eigenvalue weighted by Crippen LogP contribution is -2.37. The fourth-order valence-corrected chi connectivity index (χ4v) is 1.97. The molecule has 0 heterocycles. The first kappa shape index (κ1) is 12.0. The van der Waals surface area contributed by atoms with Gasteiger partial charge in [-0.05, 0) is 24.6 Å². The van der Waals surface area contributed by atoms with E-state index in [1.807, 2.05) is 0 Å². The van der Waals surface area contributed by atoms with E-state index in [1.165, 1.54) is 25.4 Å². The monoisotopic (exact) mass is 226 g/mol. The smallest absolute Gasteiger partial charge is 0.261 e. The SMILES string of the molecule is [CH]c1cccc(N(C)S(=O)(=O)N(C)C)c1. The van der Waals surface area contributed by atoms with Crippen LogP contribution in [0.4, 0.5) is 5.69 Å². The molecule has 0 aliphatic rings. The first-order valence-corrected chi connectivity index (χ1v) is 5.77. The molecule has 4 nitrogen and oxygen atoms in total. The first-order valence-electron chi connectivity index (χ1n) is 4.37. The molecule has 0 aromatic heterocycles. The van der Waals surface area contributed by atoms with Gasteiger partial charge in [-0.3, -0.25) is 4.31 Å². The van der Waals surface area contributed by atoms with E-state index in [-0.39, 0.29) is 0 Å². The third-order valence-electron chi connectivity index (χ3n) is 2.04. The molecule has 0 N–H and O–H groups in total. The van der Waals surface area contributed by atoms with Crippen LogP contribution < -0.4 is 4.31 Å². The summed E-state index contributed by atoms with van der Waals surface area (Å²) in [7, 11) is 1.02. The Kier molecular flexibility index (Phi) is 3.36.